The maximum absolute atomic E-state index is 10.4. The van der Waals surface area contributed by atoms with Crippen molar-refractivity contribution < 1.29 is 19.8 Å². The summed E-state index contributed by atoms with van der Waals surface area (Å²) in [5.41, 5.74) is 0. The van der Waals surface area contributed by atoms with E-state index in [1.165, 1.54) is 0 Å². The molecule has 3 N–H and O–H groups in total. The fraction of sp³-hybridized carbons (Fsp3) is 0.400. The van der Waals surface area contributed by atoms with Gasteiger partial charge in [0.25, 0.3) is 0 Å². The Hall–Kier alpha value is -0.820. The Balaban J connectivity index is 4.14. The van der Waals surface area contributed by atoms with Crippen molar-refractivity contribution in [2.45, 2.75) is 12.5 Å². The van der Waals surface area contributed by atoms with E-state index < -0.39 is 24.4 Å². The second kappa shape index (κ2) is 4.94. The standard InChI is InChI=1S/C5H7NO4S2/c7-3(8)1-2(4(9)10)6-5(11)12/h2H,1H2,(H,7,8)(H,9,10)(H2,6,11,12). The Kier molecular flexibility index (Phi) is 4.60. The molecule has 0 aliphatic heterocycles. The fourth-order valence-electron chi connectivity index (χ4n) is 0.524. The van der Waals surface area contributed by atoms with Gasteiger partial charge in [-0.1, -0.05) is 12.2 Å². The highest BCUT2D eigenvalue weighted by atomic mass is 32.1. The molecule has 0 aliphatic rings. The predicted octanol–water partition coefficient (Wildman–Crippen LogP) is -0.281. The molecule has 0 heterocycles. The third-order valence-corrected chi connectivity index (χ3v) is 1.22. The smallest absolute Gasteiger partial charge is 0.326 e. The molecule has 0 aromatic carbocycles. The van der Waals surface area contributed by atoms with Gasteiger partial charge in [-0.15, -0.1) is 12.6 Å². The molecule has 5 nitrogen and oxygen atoms in total. The molecule has 0 rings (SSSR count). The van der Waals surface area contributed by atoms with Gasteiger partial charge in [0.1, 0.15) is 10.4 Å². The first-order chi connectivity index (χ1) is 5.43. The lowest BCUT2D eigenvalue weighted by Crippen LogP contribution is -2.39. The largest absolute Gasteiger partial charge is 0.481 e. The summed E-state index contributed by atoms with van der Waals surface area (Å²) in [6, 6.07) is -1.22. The van der Waals surface area contributed by atoms with E-state index in [4.69, 9.17) is 10.2 Å². The lowest BCUT2D eigenvalue weighted by molar-refractivity contribution is -0.145. The summed E-state index contributed by atoms with van der Waals surface area (Å²) < 4.78 is -0.0383. The number of aliphatic carboxylic acids is 2. The topological polar surface area (TPSA) is 86.6 Å². The molecule has 0 amide bonds. The molecule has 1 atom stereocenters. The second-order valence-electron chi connectivity index (χ2n) is 1.94. The van der Waals surface area contributed by atoms with Crippen LogP contribution < -0.4 is 5.32 Å². The van der Waals surface area contributed by atoms with E-state index in [2.05, 4.69) is 30.2 Å². The molecule has 0 spiro atoms. The molecule has 7 heteroatoms. The van der Waals surface area contributed by atoms with Crippen LogP contribution in [0, 0.1) is 0 Å². The Bertz CT molecular complexity index is 201. The van der Waals surface area contributed by atoms with Crippen LogP contribution in [0.4, 0.5) is 0 Å². The van der Waals surface area contributed by atoms with Crippen LogP contribution >= 0.6 is 24.8 Å². The number of rotatable bonds is 4. The van der Waals surface area contributed by atoms with Crippen LogP contribution in [0.1, 0.15) is 6.42 Å². The lowest BCUT2D eigenvalue weighted by atomic mass is 10.2. The van der Waals surface area contributed by atoms with Crippen LogP contribution in [0.2, 0.25) is 0 Å². The van der Waals surface area contributed by atoms with E-state index in [0.717, 1.165) is 0 Å². The van der Waals surface area contributed by atoms with Crippen LogP contribution in [0.3, 0.4) is 0 Å². The van der Waals surface area contributed by atoms with Crippen molar-refractivity contribution in [3.05, 3.63) is 0 Å². The zero-order valence-corrected chi connectivity index (χ0v) is 7.56. The van der Waals surface area contributed by atoms with E-state index in [1.807, 2.05) is 0 Å². The van der Waals surface area contributed by atoms with Gasteiger partial charge in [0, 0.05) is 0 Å². The van der Waals surface area contributed by atoms with Crippen molar-refractivity contribution in [1.82, 2.24) is 5.32 Å². The molecule has 12 heavy (non-hydrogen) atoms. The summed E-state index contributed by atoms with van der Waals surface area (Å²) in [5.74, 6) is -2.48. The highest BCUT2D eigenvalue weighted by molar-refractivity contribution is 8.11. The molecule has 0 fully saturated rings. The maximum atomic E-state index is 10.4. The molecule has 1 unspecified atom stereocenters. The van der Waals surface area contributed by atoms with Crippen molar-refractivity contribution in [2.24, 2.45) is 0 Å². The van der Waals surface area contributed by atoms with Crippen molar-refractivity contribution in [3.63, 3.8) is 0 Å². The van der Waals surface area contributed by atoms with Crippen LogP contribution in [0.15, 0.2) is 0 Å². The minimum Gasteiger partial charge on any atom is -0.481 e. The normalized spacial score (nSPS) is 11.8. The Labute approximate surface area is 79.2 Å². The van der Waals surface area contributed by atoms with Gasteiger partial charge >= 0.3 is 11.9 Å². The molecule has 68 valence electrons. The van der Waals surface area contributed by atoms with Gasteiger partial charge in [0.15, 0.2) is 0 Å². The Morgan fingerprint density at radius 1 is 1.50 bits per heavy atom. The summed E-state index contributed by atoms with van der Waals surface area (Å²) >= 11 is 8.06. The number of thiocarbonyl (C=S) groups is 1. The third-order valence-electron chi connectivity index (χ3n) is 0.975. The zero-order valence-electron chi connectivity index (χ0n) is 5.85. The Morgan fingerprint density at radius 3 is 2.25 bits per heavy atom. The molecule has 0 aliphatic carbocycles. The molecule has 0 bridgehead atoms. The molecule has 0 aromatic rings. The highest BCUT2D eigenvalue weighted by Gasteiger charge is 2.20. The summed E-state index contributed by atoms with van der Waals surface area (Å²) in [7, 11) is 0. The average Bonchev–Trinajstić information content (AvgIpc) is 1.83. The summed E-state index contributed by atoms with van der Waals surface area (Å²) in [6.07, 6.45) is -0.532. The van der Waals surface area contributed by atoms with Gasteiger partial charge in [0.05, 0.1) is 6.42 Å². The van der Waals surface area contributed by atoms with Gasteiger partial charge < -0.3 is 15.5 Å². The molecule has 0 saturated heterocycles. The summed E-state index contributed by atoms with van der Waals surface area (Å²) in [4.78, 5) is 20.5. The van der Waals surface area contributed by atoms with Gasteiger partial charge in [-0.3, -0.25) is 4.79 Å². The number of hydrogen-bond donors (Lipinski definition) is 4. The highest BCUT2D eigenvalue weighted by Crippen LogP contribution is 1.94. The van der Waals surface area contributed by atoms with Crippen molar-refractivity contribution in [1.29, 1.82) is 0 Å². The summed E-state index contributed by atoms with van der Waals surface area (Å²) in [5, 5.41) is 19.0. The number of carbonyl (C=O) groups is 2. The van der Waals surface area contributed by atoms with Crippen LogP contribution in [0.25, 0.3) is 0 Å². The van der Waals surface area contributed by atoms with Crippen molar-refractivity contribution in [2.75, 3.05) is 0 Å². The van der Waals surface area contributed by atoms with E-state index in [1.54, 1.807) is 0 Å². The van der Waals surface area contributed by atoms with E-state index in [0.29, 0.717) is 0 Å². The Morgan fingerprint density at radius 2 is 2.00 bits per heavy atom. The number of nitrogens with one attached hydrogen (secondary N) is 1. The minimum absolute atomic E-state index is 0.0383. The number of carboxylic acid groups (broad SMARTS) is 2. The predicted molar refractivity (Wildman–Crippen MR) is 48.4 cm³/mol. The number of hydrogen-bond acceptors (Lipinski definition) is 3. The monoisotopic (exact) mass is 209 g/mol. The summed E-state index contributed by atoms with van der Waals surface area (Å²) in [6.45, 7) is 0. The van der Waals surface area contributed by atoms with Crippen molar-refractivity contribution in [3.8, 4) is 0 Å². The van der Waals surface area contributed by atoms with Gasteiger partial charge in [-0.05, 0) is 0 Å². The number of carboxylic acids is 2. The maximum Gasteiger partial charge on any atom is 0.326 e. The molecular weight excluding hydrogens is 202 g/mol. The zero-order chi connectivity index (χ0) is 9.72. The fourth-order valence-corrected chi connectivity index (χ4v) is 0.822. The lowest BCUT2D eigenvalue weighted by Gasteiger charge is -2.10. The first-order valence-corrected chi connectivity index (χ1v) is 3.73. The van der Waals surface area contributed by atoms with Gasteiger partial charge in [0.2, 0.25) is 0 Å². The van der Waals surface area contributed by atoms with Crippen LogP contribution in [-0.2, 0) is 9.59 Å². The SMILES string of the molecule is O=C(O)CC(NC(=S)S)C(=O)O. The minimum atomic E-state index is -1.27. The van der Waals surface area contributed by atoms with Gasteiger partial charge in [-0.25, -0.2) is 4.79 Å². The first kappa shape index (κ1) is 11.2. The molecule has 0 saturated carbocycles. The average molecular weight is 209 g/mol. The van der Waals surface area contributed by atoms with Gasteiger partial charge in [-0.2, -0.15) is 0 Å². The third kappa shape index (κ3) is 4.91. The molecule has 0 radical (unpaired) electrons. The second-order valence-corrected chi connectivity index (χ2v) is 3.10. The van der Waals surface area contributed by atoms with Crippen LogP contribution in [-0.4, -0.2) is 32.5 Å². The van der Waals surface area contributed by atoms with E-state index in [-0.39, 0.29) is 4.32 Å². The van der Waals surface area contributed by atoms with E-state index in [9.17, 15) is 9.59 Å². The number of thiol groups is 1. The van der Waals surface area contributed by atoms with E-state index >= 15 is 0 Å². The van der Waals surface area contributed by atoms with Crippen molar-refractivity contribution >= 4 is 41.1 Å². The first-order valence-electron chi connectivity index (χ1n) is 2.87. The molecule has 0 aromatic heterocycles. The van der Waals surface area contributed by atoms with Crippen LogP contribution in [0.5, 0.6) is 0 Å². The molecular formula is C5H7NO4S2. The quantitative estimate of drug-likeness (QED) is 0.376.